The highest BCUT2D eigenvalue weighted by molar-refractivity contribution is 5.92. The number of hydrogen-bond acceptors (Lipinski definition) is 4. The van der Waals surface area contributed by atoms with E-state index >= 15 is 0 Å². The molecule has 0 bridgehead atoms. The van der Waals surface area contributed by atoms with Gasteiger partial charge in [-0.25, -0.2) is 14.4 Å². The average molecular weight is 350 g/mol. The van der Waals surface area contributed by atoms with E-state index in [0.29, 0.717) is 24.3 Å². The molecule has 1 heterocycles. The predicted octanol–water partition coefficient (Wildman–Crippen LogP) is 3.64. The molecular formula is C20H19FN4O. The minimum Gasteiger partial charge on any atom is -0.350 e. The molecule has 0 atom stereocenters. The predicted molar refractivity (Wildman–Crippen MR) is 98.9 cm³/mol. The lowest BCUT2D eigenvalue weighted by Gasteiger charge is -2.08. The zero-order valence-electron chi connectivity index (χ0n) is 14.4. The van der Waals surface area contributed by atoms with Crippen LogP contribution in [0, 0.1) is 12.7 Å². The van der Waals surface area contributed by atoms with Gasteiger partial charge in [0.1, 0.15) is 17.3 Å². The highest BCUT2D eigenvalue weighted by Gasteiger charge is 2.08. The Bertz CT molecular complexity index is 896. The number of aryl methyl sites for hydroxylation is 1. The third-order valence-electron chi connectivity index (χ3n) is 3.81. The number of carbonyl (C=O) groups excluding carboxylic acids is 1. The van der Waals surface area contributed by atoms with Crippen molar-refractivity contribution in [3.63, 3.8) is 0 Å². The maximum atomic E-state index is 13.5. The Morgan fingerprint density at radius 3 is 2.65 bits per heavy atom. The molecule has 26 heavy (non-hydrogen) atoms. The SMILES string of the molecule is Cc1cccc(Nc2cnc(C(=O)NCCc3ccccc3F)cn2)c1. The lowest BCUT2D eigenvalue weighted by Crippen LogP contribution is -2.26. The molecule has 2 aromatic carbocycles. The number of nitrogens with zero attached hydrogens (tertiary/aromatic N) is 2. The van der Waals surface area contributed by atoms with Crippen LogP contribution in [0.5, 0.6) is 0 Å². The van der Waals surface area contributed by atoms with Crippen molar-refractivity contribution in [3.8, 4) is 0 Å². The number of nitrogens with one attached hydrogen (secondary N) is 2. The summed E-state index contributed by atoms with van der Waals surface area (Å²) in [5, 5.41) is 5.86. The van der Waals surface area contributed by atoms with Gasteiger partial charge < -0.3 is 10.6 Å². The van der Waals surface area contributed by atoms with Crippen LogP contribution in [0.1, 0.15) is 21.6 Å². The Morgan fingerprint density at radius 1 is 1.08 bits per heavy atom. The van der Waals surface area contributed by atoms with Gasteiger partial charge in [0.15, 0.2) is 0 Å². The summed E-state index contributed by atoms with van der Waals surface area (Å²) in [6.07, 6.45) is 3.34. The Labute approximate surface area is 151 Å². The molecular weight excluding hydrogens is 331 g/mol. The molecule has 0 aliphatic rings. The molecule has 0 saturated carbocycles. The van der Waals surface area contributed by atoms with E-state index in [1.54, 1.807) is 18.2 Å². The average Bonchev–Trinajstić information content (AvgIpc) is 2.64. The number of aromatic nitrogens is 2. The molecule has 2 N–H and O–H groups in total. The molecule has 0 fully saturated rings. The monoisotopic (exact) mass is 350 g/mol. The van der Waals surface area contributed by atoms with Crippen LogP contribution in [0.4, 0.5) is 15.9 Å². The van der Waals surface area contributed by atoms with Gasteiger partial charge in [-0.15, -0.1) is 0 Å². The molecule has 0 radical (unpaired) electrons. The first kappa shape index (κ1) is 17.5. The minimum atomic E-state index is -0.337. The summed E-state index contributed by atoms with van der Waals surface area (Å²) in [5.74, 6) is -0.0532. The molecule has 3 rings (SSSR count). The molecule has 5 nitrogen and oxygen atoms in total. The van der Waals surface area contributed by atoms with Crippen LogP contribution in [-0.4, -0.2) is 22.4 Å². The van der Waals surface area contributed by atoms with Crippen LogP contribution >= 0.6 is 0 Å². The number of benzene rings is 2. The topological polar surface area (TPSA) is 66.9 Å². The summed E-state index contributed by atoms with van der Waals surface area (Å²) in [4.78, 5) is 20.4. The van der Waals surface area contributed by atoms with Crippen molar-refractivity contribution in [1.82, 2.24) is 15.3 Å². The standard InChI is InChI=1S/C20H19FN4O/c1-14-5-4-7-16(11-14)25-19-13-23-18(12-24-19)20(26)22-10-9-15-6-2-3-8-17(15)21/h2-8,11-13H,9-10H2,1H3,(H,22,26)(H,24,25). The summed E-state index contributed by atoms with van der Waals surface area (Å²) < 4.78 is 13.5. The van der Waals surface area contributed by atoms with Gasteiger partial charge in [0.05, 0.1) is 12.4 Å². The third-order valence-corrected chi connectivity index (χ3v) is 3.81. The zero-order valence-corrected chi connectivity index (χ0v) is 14.4. The van der Waals surface area contributed by atoms with Crippen molar-refractivity contribution >= 4 is 17.4 Å². The molecule has 6 heteroatoms. The quantitative estimate of drug-likeness (QED) is 0.712. The molecule has 1 amide bonds. The zero-order chi connectivity index (χ0) is 18.4. The molecule has 1 aromatic heterocycles. The second-order valence-corrected chi connectivity index (χ2v) is 5.88. The summed E-state index contributed by atoms with van der Waals surface area (Å²) in [5.41, 5.74) is 2.82. The fourth-order valence-electron chi connectivity index (χ4n) is 2.48. The van der Waals surface area contributed by atoms with Crippen molar-refractivity contribution in [1.29, 1.82) is 0 Å². The van der Waals surface area contributed by atoms with E-state index in [0.717, 1.165) is 11.3 Å². The number of carbonyl (C=O) groups is 1. The summed E-state index contributed by atoms with van der Waals surface area (Å²) in [7, 11) is 0. The Kier molecular flexibility index (Phi) is 5.53. The van der Waals surface area contributed by atoms with Gasteiger partial charge in [0.2, 0.25) is 0 Å². The molecule has 0 unspecified atom stereocenters. The second-order valence-electron chi connectivity index (χ2n) is 5.88. The van der Waals surface area contributed by atoms with E-state index in [1.807, 2.05) is 31.2 Å². The molecule has 3 aromatic rings. The van der Waals surface area contributed by atoms with E-state index in [4.69, 9.17) is 0 Å². The molecule has 0 spiro atoms. The highest BCUT2D eigenvalue weighted by Crippen LogP contribution is 2.15. The Hall–Kier alpha value is -3.28. The van der Waals surface area contributed by atoms with Gasteiger partial charge >= 0.3 is 0 Å². The van der Waals surface area contributed by atoms with Gasteiger partial charge in [-0.3, -0.25) is 4.79 Å². The summed E-state index contributed by atoms with van der Waals surface area (Å²) in [6.45, 7) is 2.33. The lowest BCUT2D eigenvalue weighted by atomic mass is 10.1. The summed E-state index contributed by atoms with van der Waals surface area (Å²) in [6, 6.07) is 14.4. The van der Waals surface area contributed by atoms with Crippen LogP contribution in [0.25, 0.3) is 0 Å². The maximum Gasteiger partial charge on any atom is 0.271 e. The highest BCUT2D eigenvalue weighted by atomic mass is 19.1. The van der Waals surface area contributed by atoms with E-state index < -0.39 is 0 Å². The number of halogens is 1. The number of hydrogen-bond donors (Lipinski definition) is 2. The number of amides is 1. The largest absolute Gasteiger partial charge is 0.350 e. The van der Waals surface area contributed by atoms with Crippen LogP contribution in [0.15, 0.2) is 60.9 Å². The van der Waals surface area contributed by atoms with Crippen LogP contribution < -0.4 is 10.6 Å². The van der Waals surface area contributed by atoms with E-state index in [1.165, 1.54) is 18.5 Å². The van der Waals surface area contributed by atoms with Crippen LogP contribution in [-0.2, 0) is 6.42 Å². The molecule has 132 valence electrons. The smallest absolute Gasteiger partial charge is 0.271 e. The van der Waals surface area contributed by atoms with Crippen molar-refractivity contribution in [2.45, 2.75) is 13.3 Å². The Morgan fingerprint density at radius 2 is 1.92 bits per heavy atom. The fourth-order valence-corrected chi connectivity index (χ4v) is 2.48. The lowest BCUT2D eigenvalue weighted by molar-refractivity contribution is 0.0948. The maximum absolute atomic E-state index is 13.5. The fraction of sp³-hybridized carbons (Fsp3) is 0.150. The van der Waals surface area contributed by atoms with E-state index in [-0.39, 0.29) is 17.4 Å². The van der Waals surface area contributed by atoms with E-state index in [2.05, 4.69) is 20.6 Å². The summed E-state index contributed by atoms with van der Waals surface area (Å²) >= 11 is 0. The van der Waals surface area contributed by atoms with Gasteiger partial charge in [-0.05, 0) is 42.7 Å². The first-order valence-electron chi connectivity index (χ1n) is 8.29. The van der Waals surface area contributed by atoms with Crippen molar-refractivity contribution < 1.29 is 9.18 Å². The van der Waals surface area contributed by atoms with E-state index in [9.17, 15) is 9.18 Å². The molecule has 0 aliphatic carbocycles. The van der Waals surface area contributed by atoms with Crippen molar-refractivity contribution in [3.05, 3.63) is 83.6 Å². The number of rotatable bonds is 6. The minimum absolute atomic E-state index is 0.216. The van der Waals surface area contributed by atoms with Crippen LogP contribution in [0.2, 0.25) is 0 Å². The second kappa shape index (κ2) is 8.20. The number of anilines is 2. The normalized spacial score (nSPS) is 10.4. The van der Waals surface area contributed by atoms with Gasteiger partial charge in [0.25, 0.3) is 5.91 Å². The van der Waals surface area contributed by atoms with Crippen LogP contribution in [0.3, 0.4) is 0 Å². The first-order valence-corrected chi connectivity index (χ1v) is 8.29. The Balaban J connectivity index is 1.54. The van der Waals surface area contributed by atoms with Crippen molar-refractivity contribution in [2.75, 3.05) is 11.9 Å². The van der Waals surface area contributed by atoms with Crippen molar-refractivity contribution in [2.24, 2.45) is 0 Å². The molecule has 0 aliphatic heterocycles. The molecule has 0 saturated heterocycles. The van der Waals surface area contributed by atoms with Gasteiger partial charge in [-0.2, -0.15) is 0 Å². The van der Waals surface area contributed by atoms with Gasteiger partial charge in [-0.1, -0.05) is 30.3 Å². The third kappa shape index (κ3) is 4.63. The van der Waals surface area contributed by atoms with Gasteiger partial charge in [0, 0.05) is 12.2 Å². The first-order chi connectivity index (χ1) is 12.6.